The fraction of sp³-hybridized carbons (Fsp3) is 0.308. The number of fused-ring (bicyclic) bond motifs is 3. The molecule has 0 N–H and O–H groups in total. The first kappa shape index (κ1) is 10.6. The summed E-state index contributed by atoms with van der Waals surface area (Å²) >= 11 is 5.58. The molecule has 1 aliphatic heterocycles. The maximum atomic E-state index is 3.62. The molecule has 0 bridgehead atoms. The van der Waals surface area contributed by atoms with Crippen molar-refractivity contribution < 1.29 is 4.57 Å². The van der Waals surface area contributed by atoms with Crippen molar-refractivity contribution >= 4 is 38.6 Å². The zero-order valence-corrected chi connectivity index (χ0v) is 11.5. The summed E-state index contributed by atoms with van der Waals surface area (Å²) in [7, 11) is 0. The van der Waals surface area contributed by atoms with E-state index in [1.54, 1.807) is 0 Å². The van der Waals surface area contributed by atoms with Crippen LogP contribution in [0.1, 0.15) is 11.6 Å². The topological polar surface area (TPSA) is 3.88 Å². The predicted octanol–water partition coefficient (Wildman–Crippen LogP) is 3.48. The van der Waals surface area contributed by atoms with E-state index in [2.05, 4.69) is 57.8 Å². The van der Waals surface area contributed by atoms with Crippen molar-refractivity contribution in [3.05, 3.63) is 35.9 Å². The number of hydrogen-bond acceptors (Lipinski definition) is 1. The minimum Gasteiger partial charge on any atom is -0.182 e. The van der Waals surface area contributed by atoms with Crippen LogP contribution in [0.3, 0.4) is 0 Å². The van der Waals surface area contributed by atoms with Crippen LogP contribution >= 0.6 is 27.7 Å². The number of pyridine rings is 1. The Morgan fingerprint density at radius 1 is 1.44 bits per heavy atom. The molecule has 3 rings (SSSR count). The summed E-state index contributed by atoms with van der Waals surface area (Å²) in [5.41, 5.74) is 2.75. The summed E-state index contributed by atoms with van der Waals surface area (Å²) in [6.07, 6.45) is 0. The predicted molar refractivity (Wildman–Crippen MR) is 72.4 cm³/mol. The lowest BCUT2D eigenvalue weighted by atomic mass is 10.1. The lowest BCUT2D eigenvalue weighted by Crippen LogP contribution is -2.40. The SMILES string of the molecule is Cc1cc2[n+](c3ccccc13)C(CBr)CS2. The molecule has 1 aliphatic rings. The van der Waals surface area contributed by atoms with Crippen LogP contribution in [-0.2, 0) is 0 Å². The van der Waals surface area contributed by atoms with E-state index in [-0.39, 0.29) is 0 Å². The van der Waals surface area contributed by atoms with Crippen LogP contribution in [0.5, 0.6) is 0 Å². The molecule has 0 saturated heterocycles. The van der Waals surface area contributed by atoms with Gasteiger partial charge in [0, 0.05) is 17.5 Å². The Kier molecular flexibility index (Phi) is 2.68. The Labute approximate surface area is 108 Å². The Balaban J connectivity index is 2.37. The van der Waals surface area contributed by atoms with Crippen molar-refractivity contribution in [2.24, 2.45) is 0 Å². The summed E-state index contributed by atoms with van der Waals surface area (Å²) in [5.74, 6) is 1.18. The first-order valence-electron chi connectivity index (χ1n) is 5.44. The minimum absolute atomic E-state index is 0.588. The van der Waals surface area contributed by atoms with E-state index in [0.717, 1.165) is 5.33 Å². The highest BCUT2D eigenvalue weighted by Crippen LogP contribution is 2.31. The lowest BCUT2D eigenvalue weighted by Gasteiger charge is -2.06. The van der Waals surface area contributed by atoms with Gasteiger partial charge < -0.3 is 0 Å². The van der Waals surface area contributed by atoms with E-state index in [4.69, 9.17) is 0 Å². The summed E-state index contributed by atoms with van der Waals surface area (Å²) < 4.78 is 2.47. The molecule has 0 spiro atoms. The monoisotopic (exact) mass is 294 g/mol. The van der Waals surface area contributed by atoms with Gasteiger partial charge in [0.2, 0.25) is 10.5 Å². The smallest absolute Gasteiger partial charge is 0.182 e. The molecule has 0 radical (unpaired) electrons. The van der Waals surface area contributed by atoms with Gasteiger partial charge in [-0.25, -0.2) is 0 Å². The van der Waals surface area contributed by atoms with Crippen LogP contribution < -0.4 is 4.57 Å². The van der Waals surface area contributed by atoms with Crippen molar-refractivity contribution in [2.75, 3.05) is 11.1 Å². The first-order valence-corrected chi connectivity index (χ1v) is 7.54. The number of aromatic nitrogens is 1. The molecule has 1 aromatic carbocycles. The highest BCUT2D eigenvalue weighted by Gasteiger charge is 2.32. The second-order valence-electron chi connectivity index (χ2n) is 4.17. The van der Waals surface area contributed by atoms with Gasteiger partial charge >= 0.3 is 0 Å². The maximum Gasteiger partial charge on any atom is 0.241 e. The number of halogens is 1. The van der Waals surface area contributed by atoms with Gasteiger partial charge in [-0.05, 0) is 18.6 Å². The summed E-state index contributed by atoms with van der Waals surface area (Å²) in [4.78, 5) is 0. The van der Waals surface area contributed by atoms with Gasteiger partial charge in [0.25, 0.3) is 0 Å². The number of aryl methyl sites for hydroxylation is 1. The van der Waals surface area contributed by atoms with E-state index in [1.165, 1.54) is 27.2 Å². The van der Waals surface area contributed by atoms with E-state index < -0.39 is 0 Å². The van der Waals surface area contributed by atoms with Crippen LogP contribution in [0.4, 0.5) is 0 Å². The van der Waals surface area contributed by atoms with Crippen molar-refractivity contribution in [1.29, 1.82) is 0 Å². The molecular weight excluding hydrogens is 282 g/mol. The Hall–Kier alpha value is -0.540. The number of nitrogens with zero attached hydrogens (tertiary/aromatic N) is 1. The van der Waals surface area contributed by atoms with Crippen molar-refractivity contribution in [2.45, 2.75) is 18.0 Å². The number of para-hydroxylation sites is 1. The number of benzene rings is 1. The number of alkyl halides is 1. The molecule has 0 saturated carbocycles. The summed E-state index contributed by atoms with van der Waals surface area (Å²) in [6.45, 7) is 2.20. The summed E-state index contributed by atoms with van der Waals surface area (Å²) in [6, 6.07) is 11.6. The van der Waals surface area contributed by atoms with Crippen LogP contribution in [0.2, 0.25) is 0 Å². The van der Waals surface area contributed by atoms with Crippen molar-refractivity contribution in [1.82, 2.24) is 0 Å². The molecule has 0 amide bonds. The van der Waals surface area contributed by atoms with Gasteiger partial charge in [0.05, 0.1) is 11.1 Å². The Morgan fingerprint density at radius 2 is 2.25 bits per heavy atom. The molecule has 0 fully saturated rings. The minimum atomic E-state index is 0.588. The van der Waals surface area contributed by atoms with Gasteiger partial charge in [-0.1, -0.05) is 39.8 Å². The summed E-state index contributed by atoms with van der Waals surface area (Å²) in [5, 5.41) is 3.81. The maximum absolute atomic E-state index is 3.62. The van der Waals surface area contributed by atoms with Crippen molar-refractivity contribution in [3.63, 3.8) is 0 Å². The second-order valence-corrected chi connectivity index (χ2v) is 5.86. The van der Waals surface area contributed by atoms with Gasteiger partial charge in [-0.15, -0.1) is 0 Å². The number of hydrogen-bond donors (Lipinski definition) is 0. The second kappa shape index (κ2) is 4.04. The molecule has 82 valence electrons. The largest absolute Gasteiger partial charge is 0.241 e. The zero-order chi connectivity index (χ0) is 11.1. The van der Waals surface area contributed by atoms with Gasteiger partial charge in [-0.3, -0.25) is 0 Å². The quantitative estimate of drug-likeness (QED) is 0.575. The normalized spacial score (nSPS) is 19.0. The van der Waals surface area contributed by atoms with Gasteiger partial charge in [-0.2, -0.15) is 4.57 Å². The molecule has 1 atom stereocenters. The van der Waals surface area contributed by atoms with Crippen molar-refractivity contribution in [3.8, 4) is 0 Å². The van der Waals surface area contributed by atoms with E-state index in [0.29, 0.717) is 6.04 Å². The van der Waals surface area contributed by atoms with Gasteiger partial charge in [0.1, 0.15) is 0 Å². The van der Waals surface area contributed by atoms with E-state index in [9.17, 15) is 0 Å². The third-order valence-corrected chi connectivity index (χ3v) is 5.04. The average molecular weight is 295 g/mol. The molecule has 3 heteroatoms. The van der Waals surface area contributed by atoms with Crippen LogP contribution in [-0.4, -0.2) is 11.1 Å². The highest BCUT2D eigenvalue weighted by molar-refractivity contribution is 9.09. The molecule has 1 unspecified atom stereocenters. The standard InChI is InChI=1S/C13H13BrNS/c1-9-6-13-15(10(7-14)8-16-13)12-5-3-2-4-11(9)12/h2-6,10H,7-8H2,1H3/q+1. The molecule has 2 heterocycles. The average Bonchev–Trinajstić information content (AvgIpc) is 2.72. The Morgan fingerprint density at radius 3 is 3.06 bits per heavy atom. The Bertz CT molecular complexity index is 553. The first-order chi connectivity index (χ1) is 7.81. The number of rotatable bonds is 1. The van der Waals surface area contributed by atoms with Crippen LogP contribution in [0, 0.1) is 6.92 Å². The highest BCUT2D eigenvalue weighted by atomic mass is 79.9. The third kappa shape index (κ3) is 1.49. The lowest BCUT2D eigenvalue weighted by molar-refractivity contribution is -0.718. The number of thioether (sulfide) groups is 1. The van der Waals surface area contributed by atoms with Crippen LogP contribution in [0.15, 0.2) is 35.4 Å². The van der Waals surface area contributed by atoms with Gasteiger partial charge in [0.15, 0.2) is 6.04 Å². The fourth-order valence-electron chi connectivity index (χ4n) is 2.33. The molecule has 1 nitrogen and oxygen atoms in total. The molecule has 0 aliphatic carbocycles. The third-order valence-electron chi connectivity index (χ3n) is 3.13. The zero-order valence-electron chi connectivity index (χ0n) is 9.11. The van der Waals surface area contributed by atoms with E-state index >= 15 is 0 Å². The molecule has 2 aromatic rings. The molecule has 1 aromatic heterocycles. The van der Waals surface area contributed by atoms with E-state index in [1.807, 2.05) is 11.8 Å². The van der Waals surface area contributed by atoms with Crippen LogP contribution in [0.25, 0.3) is 10.9 Å². The fourth-order valence-corrected chi connectivity index (χ4v) is 4.42. The molecular formula is C13H13BrNS+. The molecule has 16 heavy (non-hydrogen) atoms.